The second-order valence-corrected chi connectivity index (χ2v) is 8.87. The van der Waals surface area contributed by atoms with E-state index in [1.807, 2.05) is 6.92 Å². The maximum atomic E-state index is 14.6. The Morgan fingerprint density at radius 2 is 1.86 bits per heavy atom. The van der Waals surface area contributed by atoms with Gasteiger partial charge in [0.1, 0.15) is 17.3 Å². The van der Waals surface area contributed by atoms with E-state index in [0.29, 0.717) is 31.1 Å². The number of carbonyl (C=O) groups is 2. The summed E-state index contributed by atoms with van der Waals surface area (Å²) >= 11 is 0. The van der Waals surface area contributed by atoms with Crippen LogP contribution in [0.5, 0.6) is 0 Å². The predicted molar refractivity (Wildman–Crippen MR) is 116 cm³/mol. The Morgan fingerprint density at radius 3 is 2.43 bits per heavy atom. The summed E-state index contributed by atoms with van der Waals surface area (Å²) in [4.78, 5) is 28.2. The lowest BCUT2D eigenvalue weighted by Gasteiger charge is -2.24. The smallest absolute Gasteiger partial charge is 0.373 e. The molecule has 0 bridgehead atoms. The van der Waals surface area contributed by atoms with E-state index in [4.69, 9.17) is 4.74 Å². The predicted octanol–water partition coefficient (Wildman–Crippen LogP) is 4.82. The van der Waals surface area contributed by atoms with Crippen LogP contribution in [0.25, 0.3) is 0 Å². The molecule has 0 unspecified atom stereocenters. The third-order valence-electron chi connectivity index (χ3n) is 6.65. The summed E-state index contributed by atoms with van der Waals surface area (Å²) in [5.41, 5.74) is -1.17. The molecule has 2 atom stereocenters. The van der Waals surface area contributed by atoms with Gasteiger partial charge in [0.2, 0.25) is 0 Å². The van der Waals surface area contributed by atoms with Crippen molar-refractivity contribution in [3.05, 3.63) is 57.9 Å². The van der Waals surface area contributed by atoms with Crippen LogP contribution in [-0.2, 0) is 24.1 Å². The minimum atomic E-state index is -4.91. The van der Waals surface area contributed by atoms with E-state index in [2.05, 4.69) is 5.32 Å². The normalized spacial score (nSPS) is 18.9. The summed E-state index contributed by atoms with van der Waals surface area (Å²) in [5, 5.41) is 2.53. The highest BCUT2D eigenvalue weighted by Gasteiger charge is 2.35. The van der Waals surface area contributed by atoms with Crippen molar-refractivity contribution < 1.29 is 36.3 Å². The number of benzene rings is 1. The Bertz CT molecular complexity index is 1120. The first-order valence-electron chi connectivity index (χ1n) is 11.5. The van der Waals surface area contributed by atoms with Crippen molar-refractivity contribution >= 4 is 11.8 Å². The summed E-state index contributed by atoms with van der Waals surface area (Å²) in [6, 6.07) is 0.743. The Balaban J connectivity index is 1.64. The van der Waals surface area contributed by atoms with Crippen LogP contribution in [-0.4, -0.2) is 40.5 Å². The number of ether oxygens (including phenoxy) is 1. The second-order valence-electron chi connectivity index (χ2n) is 8.87. The lowest BCUT2D eigenvalue weighted by atomic mass is 10.00. The zero-order valence-corrected chi connectivity index (χ0v) is 19.3. The molecule has 3 heterocycles. The van der Waals surface area contributed by atoms with Gasteiger partial charge in [-0.2, -0.15) is 13.2 Å². The van der Waals surface area contributed by atoms with Gasteiger partial charge < -0.3 is 19.5 Å². The molecule has 35 heavy (non-hydrogen) atoms. The van der Waals surface area contributed by atoms with Crippen LogP contribution in [0.15, 0.2) is 18.2 Å². The summed E-state index contributed by atoms with van der Waals surface area (Å²) < 4.78 is 75.0. The Kier molecular flexibility index (Phi) is 6.90. The number of alkyl halides is 3. The molecule has 6 nitrogen and oxygen atoms in total. The lowest BCUT2D eigenvalue weighted by Crippen LogP contribution is -2.35. The molecule has 0 radical (unpaired) electrons. The van der Waals surface area contributed by atoms with Crippen molar-refractivity contribution in [2.75, 3.05) is 13.2 Å². The molecule has 190 valence electrons. The minimum Gasteiger partial charge on any atom is -0.373 e. The number of fused-ring (bicyclic) bond motifs is 1. The molecule has 2 aromatic rings. The number of aromatic nitrogens is 1. The van der Waals surface area contributed by atoms with Gasteiger partial charge in [0.25, 0.3) is 11.8 Å². The highest BCUT2D eigenvalue weighted by Crippen LogP contribution is 2.34. The van der Waals surface area contributed by atoms with Crippen molar-refractivity contribution in [1.29, 1.82) is 0 Å². The monoisotopic (exact) mass is 499 g/mol. The van der Waals surface area contributed by atoms with Gasteiger partial charge >= 0.3 is 6.18 Å². The van der Waals surface area contributed by atoms with E-state index in [-0.39, 0.29) is 42.7 Å². The molecule has 1 saturated heterocycles. The Hall–Kier alpha value is -2.95. The second kappa shape index (κ2) is 9.60. The van der Waals surface area contributed by atoms with Crippen LogP contribution < -0.4 is 5.32 Å². The molecular formula is C24H26F5N3O3. The Morgan fingerprint density at radius 1 is 1.17 bits per heavy atom. The van der Waals surface area contributed by atoms with Crippen LogP contribution >= 0.6 is 0 Å². The largest absolute Gasteiger partial charge is 0.416 e. The fourth-order valence-electron chi connectivity index (χ4n) is 4.78. The summed E-state index contributed by atoms with van der Waals surface area (Å²) in [5.74, 6) is -3.70. The number of rotatable bonds is 5. The zero-order chi connectivity index (χ0) is 25.5. The first-order chi connectivity index (χ1) is 16.5. The number of halogens is 5. The molecule has 0 spiro atoms. The van der Waals surface area contributed by atoms with E-state index in [1.165, 1.54) is 6.07 Å². The molecule has 1 aromatic heterocycles. The maximum Gasteiger partial charge on any atom is 0.416 e. The van der Waals surface area contributed by atoms with Gasteiger partial charge in [-0.15, -0.1) is 0 Å². The fraction of sp³-hybridized carbons (Fsp3) is 0.500. The molecule has 2 amide bonds. The van der Waals surface area contributed by atoms with E-state index < -0.39 is 40.9 Å². The van der Waals surface area contributed by atoms with Crippen LogP contribution in [0.2, 0.25) is 0 Å². The molecule has 1 fully saturated rings. The molecule has 0 aliphatic carbocycles. The van der Waals surface area contributed by atoms with Crippen LogP contribution in [0, 0.1) is 11.6 Å². The Labute approximate surface area is 199 Å². The summed E-state index contributed by atoms with van der Waals surface area (Å²) in [6.07, 6.45) is -3.11. The van der Waals surface area contributed by atoms with Crippen molar-refractivity contribution in [2.45, 2.75) is 64.5 Å². The van der Waals surface area contributed by atoms with Crippen molar-refractivity contribution in [2.24, 2.45) is 0 Å². The topological polar surface area (TPSA) is 63.6 Å². The van der Waals surface area contributed by atoms with E-state index in [0.717, 1.165) is 12.8 Å². The highest BCUT2D eigenvalue weighted by atomic mass is 19.4. The summed E-state index contributed by atoms with van der Waals surface area (Å²) in [6.45, 7) is 4.92. The van der Waals surface area contributed by atoms with Crippen molar-refractivity contribution in [3.8, 4) is 0 Å². The van der Waals surface area contributed by atoms with Gasteiger partial charge in [0.15, 0.2) is 0 Å². The molecule has 1 aromatic carbocycles. The SMILES string of the molecule is CC[C@H](NC(=O)c1cc(C(=O)N2CCC[C@@H]2C)n2c1COCC2)c1c(F)cc(C(F)(F)F)cc1F. The van der Waals surface area contributed by atoms with Gasteiger partial charge in [-0.05, 0) is 44.4 Å². The van der Waals surface area contributed by atoms with Crippen molar-refractivity contribution in [3.63, 3.8) is 0 Å². The number of carbonyl (C=O) groups excluding carboxylic acids is 2. The number of hydrogen-bond donors (Lipinski definition) is 1. The quantitative estimate of drug-likeness (QED) is 0.600. The molecule has 1 N–H and O–H groups in total. The number of nitrogens with one attached hydrogen (secondary N) is 1. The number of hydrogen-bond acceptors (Lipinski definition) is 3. The van der Waals surface area contributed by atoms with Crippen LogP contribution in [0.4, 0.5) is 22.0 Å². The van der Waals surface area contributed by atoms with Crippen molar-refractivity contribution in [1.82, 2.24) is 14.8 Å². The standard InChI is InChI=1S/C24H26F5N3O3/c1-3-18(21-16(25)9-14(10-17(21)26)24(27,28)29)30-22(33)15-11-19(32-7-8-35-12-20(15)32)23(34)31-6-4-5-13(31)2/h9-11,13,18H,3-8,12H2,1-2H3,(H,30,33)/t13-,18-/m0/s1. The minimum absolute atomic E-state index is 0.0224. The van der Waals surface area contributed by atoms with Crippen LogP contribution in [0.3, 0.4) is 0 Å². The number of likely N-dealkylation sites (tertiary alicyclic amines) is 1. The average molecular weight is 499 g/mol. The van der Waals surface area contributed by atoms with Gasteiger partial charge in [-0.3, -0.25) is 9.59 Å². The van der Waals surface area contributed by atoms with E-state index in [9.17, 15) is 31.5 Å². The first kappa shape index (κ1) is 25.2. The van der Waals surface area contributed by atoms with Gasteiger partial charge in [-0.25, -0.2) is 8.78 Å². The van der Waals surface area contributed by atoms with Gasteiger partial charge in [-0.1, -0.05) is 6.92 Å². The zero-order valence-electron chi connectivity index (χ0n) is 19.3. The van der Waals surface area contributed by atoms with Crippen LogP contribution in [0.1, 0.15) is 76.8 Å². The number of amides is 2. The van der Waals surface area contributed by atoms with Gasteiger partial charge in [0, 0.05) is 24.7 Å². The molecule has 2 aliphatic rings. The fourth-order valence-corrected chi connectivity index (χ4v) is 4.78. The van der Waals surface area contributed by atoms with E-state index in [1.54, 1.807) is 16.4 Å². The number of nitrogens with zero attached hydrogens (tertiary/aromatic N) is 2. The molecular weight excluding hydrogens is 473 g/mol. The molecule has 0 saturated carbocycles. The highest BCUT2D eigenvalue weighted by molar-refractivity contribution is 6.01. The molecule has 11 heteroatoms. The van der Waals surface area contributed by atoms with E-state index >= 15 is 0 Å². The third kappa shape index (κ3) is 4.78. The molecule has 4 rings (SSSR count). The van der Waals surface area contributed by atoms with Gasteiger partial charge in [0.05, 0.1) is 36.1 Å². The maximum absolute atomic E-state index is 14.6. The first-order valence-corrected chi connectivity index (χ1v) is 11.5. The average Bonchev–Trinajstić information content (AvgIpc) is 3.40. The third-order valence-corrected chi connectivity index (χ3v) is 6.65. The lowest BCUT2D eigenvalue weighted by molar-refractivity contribution is -0.138. The molecule has 2 aliphatic heterocycles. The summed E-state index contributed by atoms with van der Waals surface area (Å²) in [7, 11) is 0.